The van der Waals surface area contributed by atoms with Crippen LogP contribution in [-0.4, -0.2) is 29.0 Å². The Morgan fingerprint density at radius 3 is 3.00 bits per heavy atom. The maximum Gasteiger partial charge on any atom is 0.0631 e. The van der Waals surface area contributed by atoms with Crippen molar-refractivity contribution in [1.29, 1.82) is 0 Å². The molecule has 2 N–H and O–H groups in total. The number of rotatable bonds is 5. The Kier molecular flexibility index (Phi) is 4.07. The highest BCUT2D eigenvalue weighted by Gasteiger charge is 2.40. The number of nitrogens with two attached hydrogens (primary N) is 1. The average molecular weight is 251 g/mol. The van der Waals surface area contributed by atoms with E-state index in [0.29, 0.717) is 12.6 Å². The highest BCUT2D eigenvalue weighted by molar-refractivity contribution is 5.07. The van der Waals surface area contributed by atoms with Crippen LogP contribution < -0.4 is 5.73 Å². The molecular weight excluding hydrogens is 226 g/mol. The summed E-state index contributed by atoms with van der Waals surface area (Å²) in [5.74, 6) is 0. The molecule has 0 bridgehead atoms. The van der Waals surface area contributed by atoms with Gasteiger partial charge in [-0.3, -0.25) is 4.68 Å². The summed E-state index contributed by atoms with van der Waals surface area (Å²) in [6.45, 7) is 8.00. The molecule has 1 aliphatic rings. The summed E-state index contributed by atoms with van der Waals surface area (Å²) in [5, 5.41) is 4.68. The Bertz CT molecular complexity index is 390. The van der Waals surface area contributed by atoms with Gasteiger partial charge in [-0.05, 0) is 32.8 Å². The molecule has 2 heterocycles. The topological polar surface area (TPSA) is 53.1 Å². The van der Waals surface area contributed by atoms with Crippen molar-refractivity contribution >= 4 is 0 Å². The van der Waals surface area contributed by atoms with Gasteiger partial charge < -0.3 is 10.5 Å². The Balaban J connectivity index is 2.10. The summed E-state index contributed by atoms with van der Waals surface area (Å²) in [6, 6.07) is 2.58. The quantitative estimate of drug-likeness (QED) is 0.872. The Hall–Kier alpha value is -0.870. The van der Waals surface area contributed by atoms with E-state index in [0.717, 1.165) is 31.6 Å². The number of ether oxygens (including phenoxy) is 1. The number of hydrogen-bond donors (Lipinski definition) is 1. The largest absolute Gasteiger partial charge is 0.378 e. The molecule has 1 fully saturated rings. The molecule has 18 heavy (non-hydrogen) atoms. The van der Waals surface area contributed by atoms with Gasteiger partial charge in [-0.15, -0.1) is 0 Å². The Labute approximate surface area is 110 Å². The second-order valence-electron chi connectivity index (χ2n) is 5.55. The van der Waals surface area contributed by atoms with Crippen molar-refractivity contribution in [2.45, 2.75) is 52.2 Å². The first-order valence-electron chi connectivity index (χ1n) is 6.97. The van der Waals surface area contributed by atoms with Crippen LogP contribution in [0.25, 0.3) is 0 Å². The molecule has 102 valence electrons. The summed E-state index contributed by atoms with van der Waals surface area (Å²) in [6.07, 6.45) is 5.38. The molecule has 4 heteroatoms. The fraction of sp³-hybridized carbons (Fsp3) is 0.786. The first-order valence-corrected chi connectivity index (χ1v) is 6.97. The number of hydrogen-bond acceptors (Lipinski definition) is 3. The summed E-state index contributed by atoms with van der Waals surface area (Å²) in [4.78, 5) is 0. The van der Waals surface area contributed by atoms with Gasteiger partial charge in [-0.25, -0.2) is 0 Å². The van der Waals surface area contributed by atoms with E-state index in [1.165, 1.54) is 0 Å². The van der Waals surface area contributed by atoms with E-state index in [4.69, 9.17) is 10.5 Å². The monoisotopic (exact) mass is 251 g/mol. The molecule has 1 aromatic rings. The highest BCUT2D eigenvalue weighted by Crippen LogP contribution is 2.36. The van der Waals surface area contributed by atoms with Crippen LogP contribution in [0.1, 0.15) is 45.3 Å². The minimum Gasteiger partial charge on any atom is -0.378 e. The summed E-state index contributed by atoms with van der Waals surface area (Å²) in [5.41, 5.74) is 7.20. The van der Waals surface area contributed by atoms with E-state index < -0.39 is 0 Å². The third-order valence-corrected chi connectivity index (χ3v) is 4.48. The molecule has 0 radical (unpaired) electrons. The van der Waals surface area contributed by atoms with Crippen LogP contribution in [0.2, 0.25) is 0 Å². The molecule has 1 saturated heterocycles. The Morgan fingerprint density at radius 2 is 2.44 bits per heavy atom. The lowest BCUT2D eigenvalue weighted by Crippen LogP contribution is -2.38. The first kappa shape index (κ1) is 13.6. The molecule has 3 atom stereocenters. The van der Waals surface area contributed by atoms with E-state index >= 15 is 0 Å². The standard InChI is InChI=1S/C14H25N3O/c1-4-11(2)17-7-5-13(16-17)9-14(10-15)6-8-18-12(14)3/h5,7,11-12H,4,6,8-10,15H2,1-3H3. The molecule has 1 aromatic heterocycles. The molecule has 3 unspecified atom stereocenters. The van der Waals surface area contributed by atoms with Crippen LogP contribution in [0.15, 0.2) is 12.3 Å². The van der Waals surface area contributed by atoms with E-state index in [-0.39, 0.29) is 11.5 Å². The zero-order valence-corrected chi connectivity index (χ0v) is 11.7. The lowest BCUT2D eigenvalue weighted by Gasteiger charge is -2.29. The van der Waals surface area contributed by atoms with Crippen molar-refractivity contribution in [2.75, 3.05) is 13.2 Å². The molecular formula is C14H25N3O. The predicted octanol–water partition coefficient (Wildman–Crippen LogP) is 2.15. The van der Waals surface area contributed by atoms with Crippen molar-refractivity contribution in [2.24, 2.45) is 11.1 Å². The van der Waals surface area contributed by atoms with E-state index in [1.807, 2.05) is 0 Å². The van der Waals surface area contributed by atoms with Crippen LogP contribution in [-0.2, 0) is 11.2 Å². The Morgan fingerprint density at radius 1 is 1.67 bits per heavy atom. The minimum atomic E-state index is 0.0780. The zero-order chi connectivity index (χ0) is 13.2. The normalized spacial score (nSPS) is 29.7. The molecule has 2 rings (SSSR count). The van der Waals surface area contributed by atoms with E-state index in [2.05, 4.69) is 42.8 Å². The molecule has 0 aromatic carbocycles. The predicted molar refractivity (Wildman–Crippen MR) is 72.5 cm³/mol. The molecule has 4 nitrogen and oxygen atoms in total. The van der Waals surface area contributed by atoms with Crippen molar-refractivity contribution < 1.29 is 4.74 Å². The first-order chi connectivity index (χ1) is 8.61. The third-order valence-electron chi connectivity index (χ3n) is 4.48. The van der Waals surface area contributed by atoms with Crippen molar-refractivity contribution in [3.8, 4) is 0 Å². The van der Waals surface area contributed by atoms with Crippen LogP contribution in [0.3, 0.4) is 0 Å². The van der Waals surface area contributed by atoms with Crippen LogP contribution in [0, 0.1) is 5.41 Å². The minimum absolute atomic E-state index is 0.0780. The fourth-order valence-electron chi connectivity index (χ4n) is 2.66. The van der Waals surface area contributed by atoms with Crippen LogP contribution in [0.4, 0.5) is 0 Å². The summed E-state index contributed by atoms with van der Waals surface area (Å²) < 4.78 is 7.75. The maximum atomic E-state index is 5.99. The van der Waals surface area contributed by atoms with Gasteiger partial charge in [0.15, 0.2) is 0 Å². The SMILES string of the molecule is CCC(C)n1ccc(CC2(CN)CCOC2C)n1. The lowest BCUT2D eigenvalue weighted by molar-refractivity contribution is 0.0668. The zero-order valence-electron chi connectivity index (χ0n) is 11.7. The molecule has 0 aliphatic carbocycles. The second kappa shape index (κ2) is 5.41. The second-order valence-corrected chi connectivity index (χ2v) is 5.55. The van der Waals surface area contributed by atoms with Crippen LogP contribution in [0.5, 0.6) is 0 Å². The van der Waals surface area contributed by atoms with Gasteiger partial charge in [0.1, 0.15) is 0 Å². The number of aromatic nitrogens is 2. The van der Waals surface area contributed by atoms with Gasteiger partial charge in [0.25, 0.3) is 0 Å². The molecule has 0 spiro atoms. The molecule has 0 saturated carbocycles. The van der Waals surface area contributed by atoms with Gasteiger partial charge in [0.2, 0.25) is 0 Å². The molecule has 1 aliphatic heterocycles. The van der Waals surface area contributed by atoms with Gasteiger partial charge in [0.05, 0.1) is 11.8 Å². The van der Waals surface area contributed by atoms with Crippen LogP contribution >= 0.6 is 0 Å². The van der Waals surface area contributed by atoms with E-state index in [9.17, 15) is 0 Å². The highest BCUT2D eigenvalue weighted by atomic mass is 16.5. The lowest BCUT2D eigenvalue weighted by atomic mass is 9.77. The van der Waals surface area contributed by atoms with Gasteiger partial charge in [-0.2, -0.15) is 5.10 Å². The fourth-order valence-corrected chi connectivity index (χ4v) is 2.66. The van der Waals surface area contributed by atoms with Crippen molar-refractivity contribution in [3.63, 3.8) is 0 Å². The summed E-state index contributed by atoms with van der Waals surface area (Å²) >= 11 is 0. The molecule has 0 amide bonds. The average Bonchev–Trinajstić information content (AvgIpc) is 2.97. The van der Waals surface area contributed by atoms with E-state index in [1.54, 1.807) is 0 Å². The third kappa shape index (κ3) is 2.45. The van der Waals surface area contributed by atoms with Crippen molar-refractivity contribution in [3.05, 3.63) is 18.0 Å². The number of nitrogens with zero attached hydrogens (tertiary/aromatic N) is 2. The smallest absolute Gasteiger partial charge is 0.0631 e. The van der Waals surface area contributed by atoms with Gasteiger partial charge in [-0.1, -0.05) is 6.92 Å². The maximum absolute atomic E-state index is 5.99. The van der Waals surface area contributed by atoms with Gasteiger partial charge in [0, 0.05) is 37.2 Å². The summed E-state index contributed by atoms with van der Waals surface area (Å²) in [7, 11) is 0. The van der Waals surface area contributed by atoms with Gasteiger partial charge >= 0.3 is 0 Å². The van der Waals surface area contributed by atoms with Crippen molar-refractivity contribution in [1.82, 2.24) is 9.78 Å².